The Bertz CT molecular complexity index is 397. The Kier molecular flexibility index (Phi) is 3.13. The molecule has 2 N–H and O–H groups in total. The Morgan fingerprint density at radius 3 is 2.81 bits per heavy atom. The number of benzene rings is 1. The largest absolute Gasteiger partial charge is 0.387 e. The summed E-state index contributed by atoms with van der Waals surface area (Å²) < 4.78 is 0. The lowest BCUT2D eigenvalue weighted by atomic mass is 10.1. The van der Waals surface area contributed by atoms with Gasteiger partial charge in [0.15, 0.2) is 0 Å². The van der Waals surface area contributed by atoms with Crippen LogP contribution in [-0.2, 0) is 0 Å². The number of carbonyl (C=O) groups excluding carboxylic acids is 1. The Labute approximate surface area is 96.2 Å². The average Bonchev–Trinajstić information content (AvgIpc) is 3.09. The van der Waals surface area contributed by atoms with Gasteiger partial charge in [0.25, 0.3) is 5.91 Å². The number of nitrogens with one attached hydrogen (secondary N) is 2. The molecule has 0 radical (unpaired) electrons. The number of hydrogen-bond donors (Lipinski definition) is 2. The molecule has 0 atom stereocenters. The maximum atomic E-state index is 11.9. The van der Waals surface area contributed by atoms with Crippen LogP contribution in [0.4, 0.5) is 5.69 Å². The molecule has 1 fully saturated rings. The molecular weight excluding hydrogens is 200 g/mol. The molecule has 1 amide bonds. The topological polar surface area (TPSA) is 41.1 Å². The zero-order valence-corrected chi connectivity index (χ0v) is 9.84. The zero-order chi connectivity index (χ0) is 11.5. The third-order valence-corrected chi connectivity index (χ3v) is 2.94. The van der Waals surface area contributed by atoms with Crippen LogP contribution in [0, 0.1) is 12.8 Å². The summed E-state index contributed by atoms with van der Waals surface area (Å²) in [5.41, 5.74) is 2.78. The molecule has 0 aliphatic heterocycles. The first-order chi connectivity index (χ1) is 7.70. The first-order valence-electron chi connectivity index (χ1n) is 5.77. The predicted octanol–water partition coefficient (Wildman–Crippen LogP) is 2.18. The van der Waals surface area contributed by atoms with Gasteiger partial charge in [-0.25, -0.2) is 0 Å². The second-order valence-corrected chi connectivity index (χ2v) is 4.45. The van der Waals surface area contributed by atoms with E-state index in [1.54, 1.807) is 0 Å². The van der Waals surface area contributed by atoms with Crippen molar-refractivity contribution in [2.24, 2.45) is 5.92 Å². The number of amides is 1. The third kappa shape index (κ3) is 2.54. The number of aryl methyl sites for hydroxylation is 1. The smallest absolute Gasteiger partial charge is 0.253 e. The number of carbonyl (C=O) groups is 1. The fourth-order valence-corrected chi connectivity index (χ4v) is 1.72. The first kappa shape index (κ1) is 11.0. The second-order valence-electron chi connectivity index (χ2n) is 4.45. The van der Waals surface area contributed by atoms with Crippen molar-refractivity contribution in [1.29, 1.82) is 0 Å². The second kappa shape index (κ2) is 4.56. The highest BCUT2D eigenvalue weighted by molar-refractivity contribution is 5.99. The highest BCUT2D eigenvalue weighted by atomic mass is 16.1. The van der Waals surface area contributed by atoms with Crippen LogP contribution in [0.15, 0.2) is 18.2 Å². The van der Waals surface area contributed by atoms with Gasteiger partial charge in [-0.3, -0.25) is 4.79 Å². The van der Waals surface area contributed by atoms with Gasteiger partial charge in [0.1, 0.15) is 0 Å². The summed E-state index contributed by atoms with van der Waals surface area (Å²) in [5.74, 6) is 0.740. The molecule has 0 aromatic heterocycles. The van der Waals surface area contributed by atoms with E-state index in [9.17, 15) is 4.79 Å². The maximum Gasteiger partial charge on any atom is 0.253 e. The van der Waals surface area contributed by atoms with E-state index in [0.29, 0.717) is 5.92 Å². The molecule has 3 heteroatoms. The van der Waals surface area contributed by atoms with Gasteiger partial charge in [-0.15, -0.1) is 0 Å². The summed E-state index contributed by atoms with van der Waals surface area (Å²) in [4.78, 5) is 11.9. The van der Waals surface area contributed by atoms with Crippen LogP contribution >= 0.6 is 0 Å². The van der Waals surface area contributed by atoms with Crippen LogP contribution in [0.3, 0.4) is 0 Å². The molecule has 86 valence electrons. The van der Waals surface area contributed by atoms with Crippen molar-refractivity contribution in [2.45, 2.75) is 19.8 Å². The van der Waals surface area contributed by atoms with Crippen molar-refractivity contribution in [1.82, 2.24) is 5.32 Å². The van der Waals surface area contributed by atoms with Crippen LogP contribution in [0.5, 0.6) is 0 Å². The molecule has 0 unspecified atom stereocenters. The van der Waals surface area contributed by atoms with E-state index in [4.69, 9.17) is 0 Å². The monoisotopic (exact) mass is 218 g/mol. The van der Waals surface area contributed by atoms with Crippen molar-refractivity contribution in [2.75, 3.05) is 18.9 Å². The normalized spacial score (nSPS) is 14.6. The molecule has 3 nitrogen and oxygen atoms in total. The molecule has 0 heterocycles. The van der Waals surface area contributed by atoms with E-state index in [2.05, 4.69) is 10.6 Å². The van der Waals surface area contributed by atoms with Crippen LogP contribution in [0.2, 0.25) is 0 Å². The lowest BCUT2D eigenvalue weighted by Gasteiger charge is -2.10. The number of anilines is 1. The van der Waals surface area contributed by atoms with Gasteiger partial charge in [-0.05, 0) is 43.4 Å². The molecule has 2 rings (SSSR count). The highest BCUT2D eigenvalue weighted by Crippen LogP contribution is 2.27. The molecule has 1 aromatic carbocycles. The fraction of sp³-hybridized carbons (Fsp3) is 0.462. The predicted molar refractivity (Wildman–Crippen MR) is 65.8 cm³/mol. The lowest BCUT2D eigenvalue weighted by molar-refractivity contribution is 0.0952. The summed E-state index contributed by atoms with van der Waals surface area (Å²) in [5, 5.41) is 6.04. The average molecular weight is 218 g/mol. The standard InChI is InChI=1S/C13H18N2O/c1-9-3-6-11(12(7-9)14-2)13(16)15-8-10-4-5-10/h3,6-7,10,14H,4-5,8H2,1-2H3,(H,15,16). The number of rotatable bonds is 4. The molecule has 1 aliphatic carbocycles. The zero-order valence-electron chi connectivity index (χ0n) is 9.84. The highest BCUT2D eigenvalue weighted by Gasteiger charge is 2.22. The van der Waals surface area contributed by atoms with Crippen LogP contribution in [-0.4, -0.2) is 19.5 Å². The maximum absolute atomic E-state index is 11.9. The minimum absolute atomic E-state index is 0.0243. The SMILES string of the molecule is CNc1cc(C)ccc1C(=O)NCC1CC1. The molecule has 1 aliphatic rings. The van der Waals surface area contributed by atoms with Crippen molar-refractivity contribution < 1.29 is 4.79 Å². The van der Waals surface area contributed by atoms with E-state index < -0.39 is 0 Å². The summed E-state index contributed by atoms with van der Waals surface area (Å²) in [7, 11) is 1.84. The van der Waals surface area contributed by atoms with Crippen molar-refractivity contribution >= 4 is 11.6 Å². The third-order valence-electron chi connectivity index (χ3n) is 2.94. The van der Waals surface area contributed by atoms with E-state index in [0.717, 1.165) is 23.4 Å². The minimum atomic E-state index is 0.0243. The van der Waals surface area contributed by atoms with Crippen LogP contribution < -0.4 is 10.6 Å². The molecule has 16 heavy (non-hydrogen) atoms. The molecular formula is C13H18N2O. The van der Waals surface area contributed by atoms with E-state index in [-0.39, 0.29) is 5.91 Å². The lowest BCUT2D eigenvalue weighted by Crippen LogP contribution is -2.26. The fourth-order valence-electron chi connectivity index (χ4n) is 1.72. The van der Waals surface area contributed by atoms with Gasteiger partial charge in [0.2, 0.25) is 0 Å². The number of hydrogen-bond acceptors (Lipinski definition) is 2. The van der Waals surface area contributed by atoms with Crippen LogP contribution in [0.1, 0.15) is 28.8 Å². The Morgan fingerprint density at radius 2 is 2.19 bits per heavy atom. The molecule has 0 bridgehead atoms. The van der Waals surface area contributed by atoms with E-state index in [1.807, 2.05) is 32.2 Å². The van der Waals surface area contributed by atoms with Gasteiger partial charge >= 0.3 is 0 Å². The minimum Gasteiger partial charge on any atom is -0.387 e. The molecule has 1 aromatic rings. The van der Waals surface area contributed by atoms with E-state index in [1.165, 1.54) is 12.8 Å². The quantitative estimate of drug-likeness (QED) is 0.813. The Balaban J connectivity index is 2.08. The first-order valence-corrected chi connectivity index (χ1v) is 5.77. The van der Waals surface area contributed by atoms with Gasteiger partial charge in [0.05, 0.1) is 5.56 Å². The summed E-state index contributed by atoms with van der Waals surface area (Å²) in [6.45, 7) is 2.84. The summed E-state index contributed by atoms with van der Waals surface area (Å²) in [6, 6.07) is 5.84. The summed E-state index contributed by atoms with van der Waals surface area (Å²) in [6.07, 6.45) is 2.51. The van der Waals surface area contributed by atoms with E-state index >= 15 is 0 Å². The Morgan fingerprint density at radius 1 is 1.44 bits per heavy atom. The molecule has 0 saturated heterocycles. The van der Waals surface area contributed by atoms with Crippen molar-refractivity contribution in [3.05, 3.63) is 29.3 Å². The van der Waals surface area contributed by atoms with Crippen LogP contribution in [0.25, 0.3) is 0 Å². The summed E-state index contributed by atoms with van der Waals surface area (Å²) >= 11 is 0. The Hall–Kier alpha value is -1.51. The van der Waals surface area contributed by atoms with Gasteiger partial charge < -0.3 is 10.6 Å². The van der Waals surface area contributed by atoms with Gasteiger partial charge in [-0.1, -0.05) is 6.07 Å². The van der Waals surface area contributed by atoms with Gasteiger partial charge in [-0.2, -0.15) is 0 Å². The molecule has 0 spiro atoms. The van der Waals surface area contributed by atoms with Crippen molar-refractivity contribution in [3.63, 3.8) is 0 Å². The van der Waals surface area contributed by atoms with Gasteiger partial charge in [0, 0.05) is 19.3 Å². The van der Waals surface area contributed by atoms with Crippen molar-refractivity contribution in [3.8, 4) is 0 Å². The molecule has 1 saturated carbocycles.